The van der Waals surface area contributed by atoms with Gasteiger partial charge in [-0.15, -0.1) is 4.73 Å². The van der Waals surface area contributed by atoms with Crippen LogP contribution in [-0.2, 0) is 0 Å². The van der Waals surface area contributed by atoms with Gasteiger partial charge in [0.05, 0.1) is 11.6 Å². The number of piperidine rings is 1. The van der Waals surface area contributed by atoms with Gasteiger partial charge in [-0.05, 0) is 37.5 Å². The van der Waals surface area contributed by atoms with E-state index < -0.39 is 0 Å². The van der Waals surface area contributed by atoms with Gasteiger partial charge in [-0.2, -0.15) is 0 Å². The van der Waals surface area contributed by atoms with Crippen LogP contribution in [0, 0.1) is 5.21 Å². The zero-order valence-electron chi connectivity index (χ0n) is 13.4. The third-order valence-electron chi connectivity index (χ3n) is 3.96. The maximum Gasteiger partial charge on any atom is 0.384 e. The second-order valence-corrected chi connectivity index (χ2v) is 5.77. The van der Waals surface area contributed by atoms with E-state index in [1.165, 1.54) is 24.8 Å². The van der Waals surface area contributed by atoms with E-state index in [2.05, 4.69) is 4.90 Å². The maximum absolute atomic E-state index is 12.2. The Kier molecular flexibility index (Phi) is 5.11. The monoisotopic (exact) mass is 324 g/mol. The number of rotatable bonds is 5. The third-order valence-corrected chi connectivity index (χ3v) is 3.96. The number of nitrogens with zero attached hydrogens (tertiary/aromatic N) is 2. The number of hydrogen-bond donors (Lipinski definition) is 0. The fourth-order valence-corrected chi connectivity index (χ4v) is 2.64. The fraction of sp³-hybridized carbons (Fsp3) is 0.263. The summed E-state index contributed by atoms with van der Waals surface area (Å²) >= 11 is 0. The van der Waals surface area contributed by atoms with Crippen molar-refractivity contribution in [1.82, 2.24) is 4.90 Å². The van der Waals surface area contributed by atoms with Gasteiger partial charge < -0.3 is 14.8 Å². The molecule has 5 heteroatoms. The fourth-order valence-electron chi connectivity index (χ4n) is 2.64. The van der Waals surface area contributed by atoms with E-state index in [1.54, 1.807) is 18.2 Å². The van der Waals surface area contributed by atoms with Crippen LogP contribution in [-0.4, -0.2) is 23.8 Å². The minimum absolute atomic E-state index is 0.137. The van der Waals surface area contributed by atoms with Gasteiger partial charge in [-0.25, -0.2) is 0 Å². The number of carbonyl (C=O) groups is 1. The summed E-state index contributed by atoms with van der Waals surface area (Å²) in [5.41, 5.74) is 0.346. The van der Waals surface area contributed by atoms with Crippen molar-refractivity contribution < 1.29 is 14.3 Å². The van der Waals surface area contributed by atoms with E-state index in [9.17, 15) is 10.0 Å². The minimum Gasteiger partial charge on any atom is -0.616 e. The van der Waals surface area contributed by atoms with Crippen LogP contribution in [0.3, 0.4) is 0 Å². The predicted octanol–water partition coefficient (Wildman–Crippen LogP) is 3.29. The first-order chi connectivity index (χ1) is 11.7. The highest BCUT2D eigenvalue weighted by Crippen LogP contribution is 2.17. The van der Waals surface area contributed by atoms with E-state index in [-0.39, 0.29) is 11.7 Å². The molecule has 0 spiro atoms. The molecule has 0 atom stereocenters. The van der Waals surface area contributed by atoms with Gasteiger partial charge in [-0.1, -0.05) is 18.2 Å². The van der Waals surface area contributed by atoms with Crippen LogP contribution in [0.1, 0.15) is 29.6 Å². The summed E-state index contributed by atoms with van der Waals surface area (Å²) in [6.07, 6.45) is 8.16. The largest absolute Gasteiger partial charge is 0.616 e. The number of para-hydroxylation sites is 1. The van der Waals surface area contributed by atoms with Crippen LogP contribution in [0.5, 0.6) is 11.6 Å². The van der Waals surface area contributed by atoms with E-state index in [1.807, 2.05) is 24.4 Å². The number of carbonyl (C=O) groups excluding carboxylic acids is 1. The Morgan fingerprint density at radius 1 is 1.08 bits per heavy atom. The van der Waals surface area contributed by atoms with Crippen molar-refractivity contribution in [3.8, 4) is 11.6 Å². The molecule has 5 nitrogen and oxygen atoms in total. The Morgan fingerprint density at radius 2 is 1.83 bits per heavy atom. The number of allylic oxidation sites excluding steroid dienone is 1. The van der Waals surface area contributed by atoms with Crippen LogP contribution < -0.4 is 9.47 Å². The lowest BCUT2D eigenvalue weighted by Gasteiger charge is -2.24. The molecule has 124 valence electrons. The summed E-state index contributed by atoms with van der Waals surface area (Å²) in [5.74, 6) is 0.528. The molecule has 0 bridgehead atoms. The predicted molar refractivity (Wildman–Crippen MR) is 90.8 cm³/mol. The van der Waals surface area contributed by atoms with Crippen molar-refractivity contribution in [2.24, 2.45) is 0 Å². The summed E-state index contributed by atoms with van der Waals surface area (Å²) < 4.78 is 6.09. The molecule has 1 aliphatic heterocycles. The Balaban J connectivity index is 1.67. The minimum atomic E-state index is -0.184. The Hall–Kier alpha value is -2.82. The third kappa shape index (κ3) is 4.13. The molecule has 1 saturated heterocycles. The molecule has 2 heterocycles. The van der Waals surface area contributed by atoms with Crippen LogP contribution >= 0.6 is 0 Å². The highest BCUT2D eigenvalue weighted by molar-refractivity contribution is 6.04. The normalized spacial score (nSPS) is 14.8. The summed E-state index contributed by atoms with van der Waals surface area (Å²) in [5, 5.41) is 12.1. The van der Waals surface area contributed by atoms with Crippen molar-refractivity contribution >= 4 is 5.78 Å². The van der Waals surface area contributed by atoms with Crippen LogP contribution in [0.15, 0.2) is 60.9 Å². The van der Waals surface area contributed by atoms with Gasteiger partial charge in [-0.3, -0.25) is 4.79 Å². The van der Waals surface area contributed by atoms with E-state index >= 15 is 0 Å². The molecule has 1 fully saturated rings. The lowest BCUT2D eigenvalue weighted by molar-refractivity contribution is -0.611. The topological polar surface area (TPSA) is 56.5 Å². The average molecular weight is 324 g/mol. The quantitative estimate of drug-likeness (QED) is 0.366. The van der Waals surface area contributed by atoms with E-state index in [0.717, 1.165) is 25.9 Å². The molecule has 1 aromatic heterocycles. The smallest absolute Gasteiger partial charge is 0.384 e. The maximum atomic E-state index is 12.2. The number of pyridine rings is 1. The van der Waals surface area contributed by atoms with Gasteiger partial charge in [0, 0.05) is 25.4 Å². The molecule has 2 aromatic rings. The van der Waals surface area contributed by atoms with Crippen molar-refractivity contribution in [2.45, 2.75) is 19.3 Å². The molecule has 1 aliphatic rings. The number of ether oxygens (including phenoxy) is 1. The standard InChI is InChI=1S/C19H20N2O3/c22-18(11-14-20-12-5-2-6-13-20)16-9-10-19(21(23)15-16)24-17-7-3-1-4-8-17/h1,3-4,7-11,14-15H,2,5-6,12-13H2. The van der Waals surface area contributed by atoms with Gasteiger partial charge in [0.2, 0.25) is 0 Å². The highest BCUT2D eigenvalue weighted by Gasteiger charge is 2.13. The van der Waals surface area contributed by atoms with Crippen molar-refractivity contribution in [3.63, 3.8) is 0 Å². The first-order valence-corrected chi connectivity index (χ1v) is 8.15. The second kappa shape index (κ2) is 7.64. The summed E-state index contributed by atoms with van der Waals surface area (Å²) in [7, 11) is 0. The average Bonchev–Trinajstić information content (AvgIpc) is 2.63. The van der Waals surface area contributed by atoms with Crippen molar-refractivity contribution in [2.75, 3.05) is 13.1 Å². The Morgan fingerprint density at radius 3 is 2.54 bits per heavy atom. The molecule has 24 heavy (non-hydrogen) atoms. The van der Waals surface area contributed by atoms with Crippen molar-refractivity contribution in [1.29, 1.82) is 0 Å². The SMILES string of the molecule is O=C(C=CN1CCCCC1)c1ccc(Oc2ccccc2)[n+]([O-])c1. The van der Waals surface area contributed by atoms with Gasteiger partial charge in [0.25, 0.3) is 0 Å². The first-order valence-electron chi connectivity index (χ1n) is 8.15. The molecule has 0 aliphatic carbocycles. The lowest BCUT2D eigenvalue weighted by atomic mass is 10.1. The molecule has 0 amide bonds. The van der Waals surface area contributed by atoms with Crippen LogP contribution in [0.4, 0.5) is 0 Å². The summed E-state index contributed by atoms with van der Waals surface area (Å²) in [6.45, 7) is 1.96. The Bertz CT molecular complexity index is 723. The van der Waals surface area contributed by atoms with Crippen LogP contribution in [0.2, 0.25) is 0 Å². The first kappa shape index (κ1) is 16.1. The van der Waals surface area contributed by atoms with Crippen molar-refractivity contribution in [3.05, 3.63) is 71.7 Å². The molecule has 0 unspecified atom stereocenters. The van der Waals surface area contributed by atoms with E-state index in [0.29, 0.717) is 16.0 Å². The molecular formula is C19H20N2O3. The molecule has 0 N–H and O–H groups in total. The molecule has 1 aromatic carbocycles. The van der Waals surface area contributed by atoms with Gasteiger partial charge in [0.1, 0.15) is 5.75 Å². The summed E-state index contributed by atoms with van der Waals surface area (Å²) in [6, 6.07) is 12.2. The Labute approximate surface area is 141 Å². The molecule has 0 saturated carbocycles. The second-order valence-electron chi connectivity index (χ2n) is 5.77. The number of aromatic nitrogens is 1. The number of benzene rings is 1. The number of hydrogen-bond acceptors (Lipinski definition) is 4. The lowest BCUT2D eigenvalue weighted by Crippen LogP contribution is -2.29. The highest BCUT2D eigenvalue weighted by atomic mass is 16.6. The zero-order chi connectivity index (χ0) is 16.8. The van der Waals surface area contributed by atoms with Gasteiger partial charge in [0.15, 0.2) is 12.0 Å². The van der Waals surface area contributed by atoms with E-state index in [4.69, 9.17) is 4.74 Å². The summed E-state index contributed by atoms with van der Waals surface area (Å²) in [4.78, 5) is 14.3. The molecule has 0 radical (unpaired) electrons. The molecular weight excluding hydrogens is 304 g/mol. The molecule has 3 rings (SSSR count). The zero-order valence-corrected chi connectivity index (χ0v) is 13.4. The number of likely N-dealkylation sites (tertiary alicyclic amines) is 1. The van der Waals surface area contributed by atoms with Crippen LogP contribution in [0.25, 0.3) is 0 Å². The van der Waals surface area contributed by atoms with Gasteiger partial charge >= 0.3 is 5.88 Å². The number of ketones is 1.